The van der Waals surface area contributed by atoms with Gasteiger partial charge in [0.05, 0.1) is 5.56 Å². The van der Waals surface area contributed by atoms with Crippen LogP contribution in [0, 0.1) is 5.82 Å². The van der Waals surface area contributed by atoms with Crippen molar-refractivity contribution in [2.24, 2.45) is 10.9 Å². The minimum Gasteiger partial charge on any atom is -0.409 e. The number of carbonyl (C=O) groups is 1. The molecule has 98 valence electrons. The van der Waals surface area contributed by atoms with Gasteiger partial charge in [0.1, 0.15) is 11.7 Å². The number of benzene rings is 1. The molecule has 0 heterocycles. The molecule has 0 unspecified atom stereocenters. The van der Waals surface area contributed by atoms with Crippen LogP contribution in [0.3, 0.4) is 0 Å². The van der Waals surface area contributed by atoms with Crippen molar-refractivity contribution >= 4 is 27.7 Å². The zero-order valence-corrected chi connectivity index (χ0v) is 11.3. The molecule has 1 rings (SSSR count). The quantitative estimate of drug-likeness (QED) is 0.384. The number of hydrogen-bond acceptors (Lipinski definition) is 3. The van der Waals surface area contributed by atoms with Crippen molar-refractivity contribution in [3.63, 3.8) is 0 Å². The molecule has 3 N–H and O–H groups in total. The Balaban J connectivity index is 2.77. The Bertz CT molecular complexity index is 479. The van der Waals surface area contributed by atoms with Crippen LogP contribution in [-0.2, 0) is 0 Å². The predicted molar refractivity (Wildman–Crippen MR) is 69.1 cm³/mol. The molecule has 1 aromatic carbocycles. The minimum atomic E-state index is -0.480. The number of amidine groups is 1. The molecule has 1 amide bonds. The Morgan fingerprint density at radius 2 is 2.28 bits per heavy atom. The molecule has 0 aliphatic heterocycles. The lowest BCUT2D eigenvalue weighted by atomic mass is 10.2. The summed E-state index contributed by atoms with van der Waals surface area (Å²) >= 11 is 3.19. The van der Waals surface area contributed by atoms with E-state index in [1.807, 2.05) is 0 Å². The molecule has 0 aliphatic rings. The van der Waals surface area contributed by atoms with Crippen LogP contribution < -0.4 is 5.73 Å². The van der Waals surface area contributed by atoms with Crippen LogP contribution >= 0.6 is 15.9 Å². The van der Waals surface area contributed by atoms with Gasteiger partial charge in [0.15, 0.2) is 0 Å². The summed E-state index contributed by atoms with van der Waals surface area (Å²) in [6.07, 6.45) is 0.242. The lowest BCUT2D eigenvalue weighted by Crippen LogP contribution is -2.30. The molecule has 0 radical (unpaired) electrons. The van der Waals surface area contributed by atoms with Gasteiger partial charge in [-0.15, -0.1) is 0 Å². The number of carbonyl (C=O) groups excluding carboxylic acids is 1. The first kappa shape index (κ1) is 14.4. The third-order valence-corrected chi connectivity index (χ3v) is 3.03. The summed E-state index contributed by atoms with van der Waals surface area (Å²) in [6.45, 7) is 0.275. The van der Waals surface area contributed by atoms with Crippen molar-refractivity contribution in [2.45, 2.75) is 6.42 Å². The predicted octanol–water partition coefficient (Wildman–Crippen LogP) is 1.80. The lowest BCUT2D eigenvalue weighted by Gasteiger charge is -2.17. The highest BCUT2D eigenvalue weighted by atomic mass is 79.9. The topological polar surface area (TPSA) is 78.9 Å². The molecular weight excluding hydrogens is 305 g/mol. The second kappa shape index (κ2) is 6.34. The number of halogens is 2. The van der Waals surface area contributed by atoms with E-state index >= 15 is 0 Å². The van der Waals surface area contributed by atoms with Gasteiger partial charge in [0, 0.05) is 24.5 Å². The van der Waals surface area contributed by atoms with Crippen LogP contribution in [0.25, 0.3) is 0 Å². The molecule has 0 saturated heterocycles. The van der Waals surface area contributed by atoms with Crippen molar-refractivity contribution in [1.29, 1.82) is 0 Å². The van der Waals surface area contributed by atoms with Crippen molar-refractivity contribution in [1.82, 2.24) is 4.90 Å². The van der Waals surface area contributed by atoms with E-state index < -0.39 is 5.82 Å². The highest BCUT2D eigenvalue weighted by Crippen LogP contribution is 2.19. The van der Waals surface area contributed by atoms with Crippen molar-refractivity contribution in [3.05, 3.63) is 34.1 Å². The fraction of sp³-hybridized carbons (Fsp3) is 0.273. The van der Waals surface area contributed by atoms with E-state index in [1.165, 1.54) is 17.0 Å². The average molecular weight is 318 g/mol. The van der Waals surface area contributed by atoms with Crippen LogP contribution in [0.4, 0.5) is 4.39 Å². The molecule has 0 fully saturated rings. The zero-order chi connectivity index (χ0) is 13.7. The summed E-state index contributed by atoms with van der Waals surface area (Å²) in [5, 5.41) is 11.2. The Hall–Kier alpha value is -1.63. The van der Waals surface area contributed by atoms with Gasteiger partial charge in [0.2, 0.25) is 0 Å². The summed E-state index contributed by atoms with van der Waals surface area (Å²) in [6, 6.07) is 3.89. The molecule has 7 heteroatoms. The molecule has 0 atom stereocenters. The zero-order valence-electron chi connectivity index (χ0n) is 9.73. The maximum Gasteiger partial charge on any atom is 0.254 e. The van der Waals surface area contributed by atoms with Crippen LogP contribution in [0.2, 0.25) is 0 Å². The fourth-order valence-electron chi connectivity index (χ4n) is 1.30. The molecule has 18 heavy (non-hydrogen) atoms. The molecule has 0 aliphatic carbocycles. The normalized spacial score (nSPS) is 11.4. The van der Waals surface area contributed by atoms with E-state index in [4.69, 9.17) is 10.9 Å². The smallest absolute Gasteiger partial charge is 0.254 e. The number of amides is 1. The molecule has 0 spiro atoms. The molecule has 1 aromatic rings. The van der Waals surface area contributed by atoms with E-state index in [9.17, 15) is 9.18 Å². The Morgan fingerprint density at radius 3 is 2.89 bits per heavy atom. The summed E-state index contributed by atoms with van der Waals surface area (Å²) in [4.78, 5) is 13.4. The van der Waals surface area contributed by atoms with Gasteiger partial charge in [-0.1, -0.05) is 5.16 Å². The van der Waals surface area contributed by atoms with Gasteiger partial charge < -0.3 is 15.8 Å². The Kier molecular flexibility index (Phi) is 5.08. The maximum absolute atomic E-state index is 13.1. The van der Waals surface area contributed by atoms with E-state index in [-0.39, 0.29) is 30.3 Å². The van der Waals surface area contributed by atoms with E-state index in [0.29, 0.717) is 4.47 Å². The second-order valence-corrected chi connectivity index (χ2v) is 4.55. The maximum atomic E-state index is 13.1. The third-order valence-electron chi connectivity index (χ3n) is 2.34. The standard InChI is InChI=1S/C11H13BrFN3O2/c1-16(5-4-10(14)15-18)11(17)8-6-7(13)2-3-9(8)12/h2-3,6,18H,4-5H2,1H3,(H2,14,15). The Morgan fingerprint density at radius 1 is 1.61 bits per heavy atom. The van der Waals surface area contributed by atoms with Crippen molar-refractivity contribution in [2.75, 3.05) is 13.6 Å². The largest absolute Gasteiger partial charge is 0.409 e. The molecule has 0 aromatic heterocycles. The number of nitrogens with two attached hydrogens (primary N) is 1. The Labute approximate surface area is 112 Å². The number of hydrogen-bond donors (Lipinski definition) is 2. The van der Waals surface area contributed by atoms with Gasteiger partial charge >= 0.3 is 0 Å². The first-order valence-electron chi connectivity index (χ1n) is 5.12. The van der Waals surface area contributed by atoms with Gasteiger partial charge in [-0.3, -0.25) is 4.79 Å². The summed E-state index contributed by atoms with van der Waals surface area (Å²) < 4.78 is 13.6. The molecule has 5 nitrogen and oxygen atoms in total. The van der Waals surface area contributed by atoms with Crippen LogP contribution in [0.1, 0.15) is 16.8 Å². The summed E-state index contributed by atoms with van der Waals surface area (Å²) in [7, 11) is 1.56. The van der Waals surface area contributed by atoms with E-state index in [0.717, 1.165) is 6.07 Å². The van der Waals surface area contributed by atoms with Crippen LogP contribution in [0.15, 0.2) is 27.8 Å². The highest BCUT2D eigenvalue weighted by molar-refractivity contribution is 9.10. The first-order valence-corrected chi connectivity index (χ1v) is 5.92. The van der Waals surface area contributed by atoms with Crippen molar-refractivity contribution in [3.8, 4) is 0 Å². The third kappa shape index (κ3) is 3.69. The lowest BCUT2D eigenvalue weighted by molar-refractivity contribution is 0.0797. The second-order valence-electron chi connectivity index (χ2n) is 3.69. The number of rotatable bonds is 4. The van der Waals surface area contributed by atoms with Crippen molar-refractivity contribution < 1.29 is 14.4 Å². The summed E-state index contributed by atoms with van der Waals surface area (Å²) in [5.41, 5.74) is 5.54. The SMILES string of the molecule is CN(CC/C(N)=N/O)C(=O)c1cc(F)ccc1Br. The minimum absolute atomic E-state index is 0.0351. The first-order chi connectivity index (χ1) is 8.45. The molecular formula is C11H13BrFN3O2. The molecule has 0 bridgehead atoms. The number of nitrogens with zero attached hydrogens (tertiary/aromatic N) is 2. The van der Waals surface area contributed by atoms with Gasteiger partial charge in [0.25, 0.3) is 5.91 Å². The molecule has 0 saturated carbocycles. The van der Waals surface area contributed by atoms with E-state index in [1.54, 1.807) is 7.05 Å². The summed E-state index contributed by atoms with van der Waals surface area (Å²) in [5.74, 6) is -0.786. The monoisotopic (exact) mass is 317 g/mol. The van der Waals surface area contributed by atoms with Gasteiger partial charge in [-0.2, -0.15) is 0 Å². The highest BCUT2D eigenvalue weighted by Gasteiger charge is 2.15. The van der Waals surface area contributed by atoms with Crippen LogP contribution in [-0.4, -0.2) is 35.4 Å². The van der Waals surface area contributed by atoms with E-state index in [2.05, 4.69) is 21.1 Å². The van der Waals surface area contributed by atoms with Gasteiger partial charge in [-0.05, 0) is 34.1 Å². The average Bonchev–Trinajstić information content (AvgIpc) is 2.37. The van der Waals surface area contributed by atoms with Gasteiger partial charge in [-0.25, -0.2) is 4.39 Å². The fourth-order valence-corrected chi connectivity index (χ4v) is 1.72. The number of oxime groups is 1. The van der Waals surface area contributed by atoms with Crippen LogP contribution in [0.5, 0.6) is 0 Å².